The number of aromatic nitrogens is 1. The number of likely N-dealkylation sites (tertiary alicyclic amines) is 1. The Morgan fingerprint density at radius 2 is 2.00 bits per heavy atom. The van der Waals surface area contributed by atoms with Crippen molar-refractivity contribution in [1.29, 1.82) is 0 Å². The van der Waals surface area contributed by atoms with Gasteiger partial charge in [-0.05, 0) is 58.5 Å². The molecule has 0 aromatic carbocycles. The number of nitrogens with zero attached hydrogens (tertiary/aromatic N) is 4. The molecule has 6 heteroatoms. The van der Waals surface area contributed by atoms with Crippen LogP contribution in [0.3, 0.4) is 0 Å². The molecule has 0 unspecified atom stereocenters. The standard InChI is InChI=1S/C17H29N5O/c1-12-13(2)23-16(20-12)11-22-8-6-14(7-9-22)10-19-17(18)21(3)15-4-5-15/h14-15H,4-11H2,1-3H3,(H2,18,19). The number of aryl methyl sites for hydroxylation is 2. The summed E-state index contributed by atoms with van der Waals surface area (Å²) in [5, 5.41) is 0. The molecule has 2 fully saturated rings. The van der Waals surface area contributed by atoms with Crippen molar-refractivity contribution in [3.8, 4) is 0 Å². The summed E-state index contributed by atoms with van der Waals surface area (Å²) in [6.07, 6.45) is 4.85. The predicted octanol–water partition coefficient (Wildman–Crippen LogP) is 1.91. The number of rotatable bonds is 5. The normalized spacial score (nSPS) is 20.9. The molecular formula is C17H29N5O. The van der Waals surface area contributed by atoms with Crippen LogP contribution in [0.1, 0.15) is 43.0 Å². The lowest BCUT2D eigenvalue weighted by molar-refractivity contribution is 0.166. The average Bonchev–Trinajstić information content (AvgIpc) is 3.33. The average molecular weight is 319 g/mol. The maximum atomic E-state index is 6.07. The molecule has 1 aromatic rings. The quantitative estimate of drug-likeness (QED) is 0.663. The monoisotopic (exact) mass is 319 g/mol. The van der Waals surface area contributed by atoms with Crippen molar-refractivity contribution in [2.24, 2.45) is 16.6 Å². The third-order valence-electron chi connectivity index (χ3n) is 5.11. The van der Waals surface area contributed by atoms with Gasteiger partial charge in [-0.1, -0.05) is 0 Å². The van der Waals surface area contributed by atoms with Gasteiger partial charge in [0.15, 0.2) is 5.96 Å². The summed E-state index contributed by atoms with van der Waals surface area (Å²) < 4.78 is 5.68. The topological polar surface area (TPSA) is 70.9 Å². The zero-order valence-electron chi connectivity index (χ0n) is 14.6. The van der Waals surface area contributed by atoms with E-state index in [4.69, 9.17) is 10.2 Å². The van der Waals surface area contributed by atoms with Crippen molar-refractivity contribution >= 4 is 5.96 Å². The summed E-state index contributed by atoms with van der Waals surface area (Å²) in [7, 11) is 2.06. The minimum absolute atomic E-state index is 0.633. The van der Waals surface area contributed by atoms with Gasteiger partial charge in [0, 0.05) is 19.6 Å². The highest BCUT2D eigenvalue weighted by Crippen LogP contribution is 2.25. The van der Waals surface area contributed by atoms with Crippen molar-refractivity contribution in [2.45, 2.75) is 52.1 Å². The van der Waals surface area contributed by atoms with Gasteiger partial charge in [-0.3, -0.25) is 9.89 Å². The first kappa shape index (κ1) is 16.3. The Labute approximate surface area is 138 Å². The molecule has 1 aliphatic heterocycles. The molecule has 0 amide bonds. The summed E-state index contributed by atoms with van der Waals surface area (Å²) in [5.74, 6) is 3.12. The van der Waals surface area contributed by atoms with Gasteiger partial charge in [-0.2, -0.15) is 0 Å². The second kappa shape index (κ2) is 6.91. The van der Waals surface area contributed by atoms with Crippen LogP contribution in [0, 0.1) is 19.8 Å². The molecule has 1 saturated heterocycles. The van der Waals surface area contributed by atoms with Crippen molar-refractivity contribution in [1.82, 2.24) is 14.8 Å². The molecule has 1 aromatic heterocycles. The molecule has 2 aliphatic rings. The third kappa shape index (κ3) is 4.25. The number of hydrogen-bond acceptors (Lipinski definition) is 4. The van der Waals surface area contributed by atoms with Crippen molar-refractivity contribution in [2.75, 3.05) is 26.7 Å². The summed E-state index contributed by atoms with van der Waals surface area (Å²) in [6.45, 7) is 7.80. The highest BCUT2D eigenvalue weighted by molar-refractivity contribution is 5.78. The van der Waals surface area contributed by atoms with Crippen molar-refractivity contribution < 1.29 is 4.42 Å². The number of guanidine groups is 1. The van der Waals surface area contributed by atoms with Crippen LogP contribution in [0.15, 0.2) is 9.41 Å². The van der Waals surface area contributed by atoms with E-state index >= 15 is 0 Å². The lowest BCUT2D eigenvalue weighted by atomic mass is 9.97. The lowest BCUT2D eigenvalue weighted by Gasteiger charge is -2.30. The zero-order chi connectivity index (χ0) is 16.4. The SMILES string of the molecule is Cc1nc(CN2CCC(CN=C(N)N(C)C3CC3)CC2)oc1C. The summed E-state index contributed by atoms with van der Waals surface area (Å²) >= 11 is 0. The first-order chi connectivity index (χ1) is 11.0. The summed E-state index contributed by atoms with van der Waals surface area (Å²) in [4.78, 5) is 13.6. The molecule has 0 radical (unpaired) electrons. The first-order valence-corrected chi connectivity index (χ1v) is 8.71. The second-order valence-electron chi connectivity index (χ2n) is 7.01. The Balaban J connectivity index is 1.42. The molecule has 2 N–H and O–H groups in total. The maximum Gasteiger partial charge on any atom is 0.208 e. The van der Waals surface area contributed by atoms with Crippen LogP contribution in [-0.2, 0) is 6.54 Å². The van der Waals surface area contributed by atoms with E-state index in [1.165, 1.54) is 25.7 Å². The Morgan fingerprint density at radius 1 is 1.30 bits per heavy atom. The van der Waals surface area contributed by atoms with E-state index < -0.39 is 0 Å². The highest BCUT2D eigenvalue weighted by Gasteiger charge is 2.27. The number of hydrogen-bond donors (Lipinski definition) is 1. The Bertz CT molecular complexity index is 536. The largest absolute Gasteiger partial charge is 0.444 e. The fraction of sp³-hybridized carbons (Fsp3) is 0.765. The molecule has 1 saturated carbocycles. The third-order valence-corrected chi connectivity index (χ3v) is 5.11. The Hall–Kier alpha value is -1.56. The molecule has 6 nitrogen and oxygen atoms in total. The molecule has 0 spiro atoms. The van der Waals surface area contributed by atoms with Crippen LogP contribution < -0.4 is 5.73 Å². The molecular weight excluding hydrogens is 290 g/mol. The molecule has 3 rings (SSSR count). The first-order valence-electron chi connectivity index (χ1n) is 8.71. The molecule has 0 atom stereocenters. The van der Waals surface area contributed by atoms with E-state index in [0.29, 0.717) is 17.9 Å². The van der Waals surface area contributed by atoms with Gasteiger partial charge in [-0.25, -0.2) is 4.98 Å². The number of nitrogens with two attached hydrogens (primary N) is 1. The number of oxazole rings is 1. The second-order valence-corrected chi connectivity index (χ2v) is 7.01. The Morgan fingerprint density at radius 3 is 2.57 bits per heavy atom. The highest BCUT2D eigenvalue weighted by atomic mass is 16.4. The predicted molar refractivity (Wildman–Crippen MR) is 91.3 cm³/mol. The molecule has 1 aliphatic carbocycles. The molecule has 128 valence electrons. The Kier molecular flexibility index (Phi) is 4.90. The minimum Gasteiger partial charge on any atom is -0.444 e. The van der Waals surface area contributed by atoms with Gasteiger partial charge in [-0.15, -0.1) is 0 Å². The molecule has 2 heterocycles. The van der Waals surface area contributed by atoms with Gasteiger partial charge in [0.25, 0.3) is 0 Å². The fourth-order valence-corrected chi connectivity index (χ4v) is 3.11. The molecule has 23 heavy (non-hydrogen) atoms. The van der Waals surface area contributed by atoms with Crippen LogP contribution in [0.5, 0.6) is 0 Å². The van der Waals surface area contributed by atoms with E-state index in [1.54, 1.807) is 0 Å². The van der Waals surface area contributed by atoms with Gasteiger partial charge in [0.05, 0.1) is 12.2 Å². The van der Waals surface area contributed by atoms with Gasteiger partial charge in [0.2, 0.25) is 5.89 Å². The number of aliphatic imine (C=N–C) groups is 1. The van der Waals surface area contributed by atoms with Crippen LogP contribution >= 0.6 is 0 Å². The van der Waals surface area contributed by atoms with Crippen molar-refractivity contribution in [3.63, 3.8) is 0 Å². The zero-order valence-corrected chi connectivity index (χ0v) is 14.6. The van der Waals surface area contributed by atoms with E-state index in [-0.39, 0.29) is 0 Å². The van der Waals surface area contributed by atoms with E-state index in [0.717, 1.165) is 43.5 Å². The van der Waals surface area contributed by atoms with Crippen LogP contribution in [0.2, 0.25) is 0 Å². The smallest absolute Gasteiger partial charge is 0.208 e. The van der Waals surface area contributed by atoms with Gasteiger partial charge < -0.3 is 15.1 Å². The van der Waals surface area contributed by atoms with E-state index in [9.17, 15) is 0 Å². The van der Waals surface area contributed by atoms with E-state index in [2.05, 4.69) is 26.8 Å². The minimum atomic E-state index is 0.633. The maximum absolute atomic E-state index is 6.07. The molecule has 0 bridgehead atoms. The van der Waals surface area contributed by atoms with Crippen LogP contribution in [-0.4, -0.2) is 53.5 Å². The number of piperidine rings is 1. The summed E-state index contributed by atoms with van der Waals surface area (Å²) in [6, 6.07) is 0.633. The van der Waals surface area contributed by atoms with E-state index in [1.807, 2.05) is 13.8 Å². The van der Waals surface area contributed by atoms with Crippen molar-refractivity contribution in [3.05, 3.63) is 17.3 Å². The lowest BCUT2D eigenvalue weighted by Crippen LogP contribution is -2.37. The summed E-state index contributed by atoms with van der Waals surface area (Å²) in [5.41, 5.74) is 7.07. The van der Waals surface area contributed by atoms with Crippen LogP contribution in [0.25, 0.3) is 0 Å². The van der Waals surface area contributed by atoms with Gasteiger partial charge in [0.1, 0.15) is 5.76 Å². The fourth-order valence-electron chi connectivity index (χ4n) is 3.11. The van der Waals surface area contributed by atoms with Gasteiger partial charge >= 0.3 is 0 Å². The van der Waals surface area contributed by atoms with Crippen LogP contribution in [0.4, 0.5) is 0 Å².